The fourth-order valence-electron chi connectivity index (χ4n) is 2.04. The third-order valence-corrected chi connectivity index (χ3v) is 3.98. The van der Waals surface area contributed by atoms with Gasteiger partial charge in [-0.2, -0.15) is 0 Å². The Bertz CT molecular complexity index is 582. The lowest BCUT2D eigenvalue weighted by Gasteiger charge is -2.10. The lowest BCUT2D eigenvalue weighted by atomic mass is 10.1. The van der Waals surface area contributed by atoms with Crippen LogP contribution in [0.25, 0.3) is 0 Å². The van der Waals surface area contributed by atoms with Crippen molar-refractivity contribution in [1.82, 2.24) is 10.6 Å². The molecule has 0 spiro atoms. The number of rotatable bonds is 2. The van der Waals surface area contributed by atoms with Gasteiger partial charge in [0.25, 0.3) is 11.8 Å². The molecular formula is C12H11N3O3S. The molecule has 1 aromatic carbocycles. The molecule has 0 bridgehead atoms. The van der Waals surface area contributed by atoms with Crippen LogP contribution < -0.4 is 16.0 Å². The molecule has 3 amide bonds. The van der Waals surface area contributed by atoms with Crippen LogP contribution in [0.3, 0.4) is 0 Å². The highest BCUT2D eigenvalue weighted by Gasteiger charge is 2.27. The molecule has 1 saturated heterocycles. The lowest BCUT2D eigenvalue weighted by Crippen LogP contribution is -2.37. The number of carbonyl (C=O) groups excluding carboxylic acids is 3. The van der Waals surface area contributed by atoms with Crippen molar-refractivity contribution in [3.05, 3.63) is 29.3 Å². The molecule has 1 unspecified atom stereocenters. The van der Waals surface area contributed by atoms with Crippen LogP contribution in [0.5, 0.6) is 0 Å². The van der Waals surface area contributed by atoms with Gasteiger partial charge in [0.2, 0.25) is 5.91 Å². The summed E-state index contributed by atoms with van der Waals surface area (Å²) in [5.74, 6) is 0.543. The first-order valence-corrected chi connectivity index (χ1v) is 6.92. The van der Waals surface area contributed by atoms with E-state index in [4.69, 9.17) is 0 Å². The van der Waals surface area contributed by atoms with E-state index in [9.17, 15) is 14.4 Å². The summed E-state index contributed by atoms with van der Waals surface area (Å²) in [5, 5.41) is 8.02. The minimum absolute atomic E-state index is 0.130. The topological polar surface area (TPSA) is 87.3 Å². The molecule has 0 aromatic heterocycles. The van der Waals surface area contributed by atoms with Crippen LogP contribution in [0, 0.1) is 0 Å². The minimum Gasteiger partial charge on any atom is -0.325 e. The molecule has 0 saturated carbocycles. The van der Waals surface area contributed by atoms with Gasteiger partial charge in [-0.15, -0.1) is 11.8 Å². The third-order valence-electron chi connectivity index (χ3n) is 3.04. The van der Waals surface area contributed by atoms with Crippen molar-refractivity contribution < 1.29 is 14.4 Å². The number of hydrogen-bond acceptors (Lipinski definition) is 5. The molecule has 98 valence electrons. The van der Waals surface area contributed by atoms with Gasteiger partial charge in [0.05, 0.1) is 17.2 Å². The highest BCUT2D eigenvalue weighted by atomic mass is 32.2. The smallest absolute Gasteiger partial charge is 0.259 e. The molecule has 2 heterocycles. The van der Waals surface area contributed by atoms with E-state index < -0.39 is 11.8 Å². The Hall–Kier alpha value is -1.86. The summed E-state index contributed by atoms with van der Waals surface area (Å²) in [7, 11) is 0. The Morgan fingerprint density at radius 3 is 2.79 bits per heavy atom. The van der Waals surface area contributed by atoms with Gasteiger partial charge < -0.3 is 5.32 Å². The Morgan fingerprint density at radius 2 is 2.05 bits per heavy atom. The van der Waals surface area contributed by atoms with Gasteiger partial charge in [0.1, 0.15) is 0 Å². The van der Waals surface area contributed by atoms with Crippen molar-refractivity contribution in [3.63, 3.8) is 0 Å². The van der Waals surface area contributed by atoms with E-state index >= 15 is 0 Å². The lowest BCUT2D eigenvalue weighted by molar-refractivity contribution is -0.117. The number of hydrogen-bond donors (Lipinski definition) is 3. The van der Waals surface area contributed by atoms with Gasteiger partial charge in [-0.1, -0.05) is 0 Å². The van der Waals surface area contributed by atoms with Gasteiger partial charge in [0.15, 0.2) is 0 Å². The summed E-state index contributed by atoms with van der Waals surface area (Å²) in [6.07, 6.45) is 0. The van der Waals surface area contributed by atoms with E-state index in [1.54, 1.807) is 23.9 Å². The maximum absolute atomic E-state index is 11.9. The average Bonchev–Trinajstić information content (AvgIpc) is 2.99. The van der Waals surface area contributed by atoms with Crippen molar-refractivity contribution in [3.8, 4) is 0 Å². The fraction of sp³-hybridized carbons (Fsp3) is 0.250. The second-order valence-electron chi connectivity index (χ2n) is 4.30. The van der Waals surface area contributed by atoms with E-state index in [-0.39, 0.29) is 11.9 Å². The molecule has 2 aliphatic heterocycles. The van der Waals surface area contributed by atoms with E-state index in [2.05, 4.69) is 16.0 Å². The Balaban J connectivity index is 1.79. The van der Waals surface area contributed by atoms with Crippen LogP contribution in [0.2, 0.25) is 0 Å². The molecule has 1 atom stereocenters. The largest absolute Gasteiger partial charge is 0.325 e. The van der Waals surface area contributed by atoms with Gasteiger partial charge in [-0.25, -0.2) is 0 Å². The van der Waals surface area contributed by atoms with Crippen LogP contribution in [-0.4, -0.2) is 35.4 Å². The highest BCUT2D eigenvalue weighted by Crippen LogP contribution is 2.21. The molecule has 7 heteroatoms. The Labute approximate surface area is 113 Å². The third kappa shape index (κ3) is 2.22. The molecule has 2 aliphatic rings. The zero-order valence-corrected chi connectivity index (χ0v) is 10.7. The van der Waals surface area contributed by atoms with Crippen LogP contribution in [-0.2, 0) is 4.79 Å². The quantitative estimate of drug-likeness (QED) is 0.671. The molecule has 6 nitrogen and oxygen atoms in total. The molecule has 3 rings (SSSR count). The van der Waals surface area contributed by atoms with E-state index in [0.717, 1.165) is 11.6 Å². The zero-order chi connectivity index (χ0) is 13.4. The van der Waals surface area contributed by atoms with Crippen LogP contribution in [0.1, 0.15) is 20.7 Å². The summed E-state index contributed by atoms with van der Waals surface area (Å²) in [6, 6.07) is 4.47. The summed E-state index contributed by atoms with van der Waals surface area (Å²) in [5.41, 5.74) is 1.17. The first kappa shape index (κ1) is 12.2. The van der Waals surface area contributed by atoms with Crippen LogP contribution >= 0.6 is 11.8 Å². The SMILES string of the molecule is O=C1NC(=O)c2cc(NC(=O)C3CSCN3)ccc21. The van der Waals surface area contributed by atoms with Gasteiger partial charge in [0, 0.05) is 17.3 Å². The van der Waals surface area contributed by atoms with Gasteiger partial charge >= 0.3 is 0 Å². The molecule has 19 heavy (non-hydrogen) atoms. The Kier molecular flexibility index (Phi) is 3.00. The number of anilines is 1. The Morgan fingerprint density at radius 1 is 1.26 bits per heavy atom. The van der Waals surface area contributed by atoms with Crippen LogP contribution in [0.15, 0.2) is 18.2 Å². The van der Waals surface area contributed by atoms with Crippen molar-refractivity contribution in [1.29, 1.82) is 0 Å². The first-order chi connectivity index (χ1) is 9.15. The van der Waals surface area contributed by atoms with Crippen molar-refractivity contribution in [2.45, 2.75) is 6.04 Å². The van der Waals surface area contributed by atoms with E-state index in [1.807, 2.05) is 0 Å². The number of thioether (sulfide) groups is 1. The standard InChI is InChI=1S/C12H11N3O3S/c16-10-7-2-1-6(3-8(7)11(17)15-10)14-12(18)9-4-19-5-13-9/h1-3,9,13H,4-5H2,(H,14,18)(H,15,16,17). The number of carbonyl (C=O) groups is 3. The van der Waals surface area contributed by atoms with Crippen molar-refractivity contribution in [2.75, 3.05) is 16.9 Å². The molecule has 3 N–H and O–H groups in total. The predicted octanol–water partition coefficient (Wildman–Crippen LogP) is 0.171. The van der Waals surface area contributed by atoms with E-state index in [0.29, 0.717) is 16.8 Å². The molecule has 1 fully saturated rings. The number of benzene rings is 1. The first-order valence-electron chi connectivity index (χ1n) is 5.77. The van der Waals surface area contributed by atoms with Crippen LogP contribution in [0.4, 0.5) is 5.69 Å². The fourth-order valence-corrected chi connectivity index (χ4v) is 2.98. The normalized spacial score (nSPS) is 21.2. The summed E-state index contributed by atoms with van der Waals surface area (Å²) in [4.78, 5) is 34.8. The monoisotopic (exact) mass is 277 g/mol. The van der Waals surface area contributed by atoms with Gasteiger partial charge in [-0.3, -0.25) is 25.0 Å². The maximum atomic E-state index is 11.9. The van der Waals surface area contributed by atoms with Crippen molar-refractivity contribution >= 4 is 35.2 Å². The molecule has 1 aromatic rings. The number of nitrogens with one attached hydrogen (secondary N) is 3. The summed E-state index contributed by atoms with van der Waals surface area (Å²) >= 11 is 1.66. The molecule has 0 radical (unpaired) electrons. The second kappa shape index (κ2) is 4.67. The van der Waals surface area contributed by atoms with Crippen molar-refractivity contribution in [2.24, 2.45) is 0 Å². The minimum atomic E-state index is -0.425. The molecular weight excluding hydrogens is 266 g/mol. The molecule has 0 aliphatic carbocycles. The highest BCUT2D eigenvalue weighted by molar-refractivity contribution is 7.99. The van der Waals surface area contributed by atoms with Gasteiger partial charge in [-0.05, 0) is 18.2 Å². The number of imide groups is 1. The maximum Gasteiger partial charge on any atom is 0.259 e. The summed E-state index contributed by atoms with van der Waals surface area (Å²) < 4.78 is 0. The predicted molar refractivity (Wildman–Crippen MR) is 71.1 cm³/mol. The number of fused-ring (bicyclic) bond motifs is 1. The zero-order valence-electron chi connectivity index (χ0n) is 9.86. The second-order valence-corrected chi connectivity index (χ2v) is 5.33. The van der Waals surface area contributed by atoms with E-state index in [1.165, 1.54) is 6.07 Å². The summed E-state index contributed by atoms with van der Waals surface area (Å²) in [6.45, 7) is 0. The number of amides is 3. The average molecular weight is 277 g/mol.